The maximum atomic E-state index is 12.1. The van der Waals surface area contributed by atoms with Crippen LogP contribution in [-0.2, 0) is 21.2 Å². The lowest BCUT2D eigenvalue weighted by Gasteiger charge is -2.17. The van der Waals surface area contributed by atoms with Crippen molar-refractivity contribution in [1.29, 1.82) is 0 Å². The fraction of sp³-hybridized carbons (Fsp3) is 0.615. The monoisotopic (exact) mass is 354 g/mol. The molecule has 0 spiro atoms. The van der Waals surface area contributed by atoms with Crippen molar-refractivity contribution in [3.8, 4) is 0 Å². The van der Waals surface area contributed by atoms with Crippen molar-refractivity contribution in [2.75, 3.05) is 13.1 Å². The average Bonchev–Trinajstić information content (AvgIpc) is 2.85. The van der Waals surface area contributed by atoms with E-state index in [1.807, 2.05) is 4.72 Å². The van der Waals surface area contributed by atoms with E-state index in [1.165, 1.54) is 6.07 Å². The van der Waals surface area contributed by atoms with Gasteiger partial charge in [0.1, 0.15) is 4.21 Å². The van der Waals surface area contributed by atoms with E-state index in [4.69, 9.17) is 0 Å². The number of carbonyl (C=O) groups excluding carboxylic acids is 1. The van der Waals surface area contributed by atoms with Gasteiger partial charge in [0.05, 0.1) is 6.54 Å². The number of thiophene rings is 1. The summed E-state index contributed by atoms with van der Waals surface area (Å²) in [6.07, 6.45) is -2.25. The molecular weight excluding hydrogens is 334 g/mol. The standard InChI is InChI=1S/C13H20F2N2O3S2/c1-13(2,3)12(18)16-7-6-9-4-5-11(21-9)22(19,20)17-8-10(14)15/h4-5,10,17H,6-8H2,1-3H3,(H,16,18). The van der Waals surface area contributed by atoms with Gasteiger partial charge in [-0.25, -0.2) is 21.9 Å². The molecule has 2 N–H and O–H groups in total. The lowest BCUT2D eigenvalue weighted by molar-refractivity contribution is -0.128. The van der Waals surface area contributed by atoms with Crippen LogP contribution in [0.25, 0.3) is 0 Å². The van der Waals surface area contributed by atoms with Crippen molar-refractivity contribution in [3.05, 3.63) is 17.0 Å². The third-order valence-electron chi connectivity index (χ3n) is 2.67. The summed E-state index contributed by atoms with van der Waals surface area (Å²) in [7, 11) is -3.90. The molecule has 0 fully saturated rings. The van der Waals surface area contributed by atoms with E-state index in [1.54, 1.807) is 26.8 Å². The van der Waals surface area contributed by atoms with E-state index in [-0.39, 0.29) is 10.1 Å². The summed E-state index contributed by atoms with van der Waals surface area (Å²) in [5.74, 6) is -0.0875. The number of nitrogens with one attached hydrogen (secondary N) is 2. The van der Waals surface area contributed by atoms with Crippen molar-refractivity contribution in [2.45, 2.75) is 37.8 Å². The molecule has 126 valence electrons. The number of sulfonamides is 1. The maximum absolute atomic E-state index is 12.1. The van der Waals surface area contributed by atoms with Gasteiger partial charge in [0.15, 0.2) is 0 Å². The third-order valence-corrected chi connectivity index (χ3v) is 5.73. The number of hydrogen-bond acceptors (Lipinski definition) is 4. The third kappa shape index (κ3) is 5.98. The molecule has 22 heavy (non-hydrogen) atoms. The summed E-state index contributed by atoms with van der Waals surface area (Å²) in [6, 6.07) is 2.99. The zero-order valence-electron chi connectivity index (χ0n) is 12.7. The highest BCUT2D eigenvalue weighted by atomic mass is 32.2. The lowest BCUT2D eigenvalue weighted by atomic mass is 9.96. The van der Waals surface area contributed by atoms with Crippen LogP contribution in [0, 0.1) is 5.41 Å². The first-order valence-electron chi connectivity index (χ1n) is 6.67. The Morgan fingerprint density at radius 2 is 1.95 bits per heavy atom. The van der Waals surface area contributed by atoms with Crippen LogP contribution in [0.5, 0.6) is 0 Å². The van der Waals surface area contributed by atoms with Crippen molar-refractivity contribution >= 4 is 27.3 Å². The number of rotatable bonds is 7. The van der Waals surface area contributed by atoms with Crippen LogP contribution < -0.4 is 10.0 Å². The van der Waals surface area contributed by atoms with Gasteiger partial charge in [0.25, 0.3) is 6.43 Å². The Bertz CT molecular complexity index is 607. The Kier molecular flexibility index (Phi) is 6.45. The summed E-state index contributed by atoms with van der Waals surface area (Å²) in [5, 5.41) is 2.76. The average molecular weight is 354 g/mol. The molecule has 0 saturated heterocycles. The first-order chi connectivity index (χ1) is 10.0. The predicted octanol–water partition coefficient (Wildman–Crippen LogP) is 2.00. The zero-order valence-corrected chi connectivity index (χ0v) is 14.3. The molecule has 1 aromatic rings. The van der Waals surface area contributed by atoms with E-state index < -0.39 is 28.4 Å². The molecule has 0 bridgehead atoms. The van der Waals surface area contributed by atoms with E-state index in [0.717, 1.165) is 16.2 Å². The molecule has 0 aliphatic rings. The van der Waals surface area contributed by atoms with Gasteiger partial charge in [0, 0.05) is 16.8 Å². The van der Waals surface area contributed by atoms with Crippen molar-refractivity contribution in [3.63, 3.8) is 0 Å². The van der Waals surface area contributed by atoms with Crippen LogP contribution in [0.15, 0.2) is 16.3 Å². The molecule has 0 atom stereocenters. The van der Waals surface area contributed by atoms with Gasteiger partial charge in [-0.05, 0) is 18.6 Å². The molecule has 1 aromatic heterocycles. The minimum atomic E-state index is -3.90. The van der Waals surface area contributed by atoms with Gasteiger partial charge in [0.2, 0.25) is 15.9 Å². The number of alkyl halides is 2. The van der Waals surface area contributed by atoms with Gasteiger partial charge < -0.3 is 5.32 Å². The highest BCUT2D eigenvalue weighted by Crippen LogP contribution is 2.22. The molecule has 0 aromatic carbocycles. The lowest BCUT2D eigenvalue weighted by Crippen LogP contribution is -2.35. The molecule has 0 aliphatic carbocycles. The van der Waals surface area contributed by atoms with Gasteiger partial charge >= 0.3 is 0 Å². The molecule has 0 saturated carbocycles. The molecule has 0 radical (unpaired) electrons. The van der Waals surface area contributed by atoms with Gasteiger partial charge in [-0.1, -0.05) is 20.8 Å². The van der Waals surface area contributed by atoms with Crippen LogP contribution in [0.3, 0.4) is 0 Å². The quantitative estimate of drug-likeness (QED) is 0.786. The molecule has 0 aliphatic heterocycles. The minimum Gasteiger partial charge on any atom is -0.355 e. The smallest absolute Gasteiger partial charge is 0.251 e. The zero-order chi connectivity index (χ0) is 17.0. The van der Waals surface area contributed by atoms with Crippen LogP contribution >= 0.6 is 11.3 Å². The second-order valence-electron chi connectivity index (χ2n) is 5.72. The van der Waals surface area contributed by atoms with Gasteiger partial charge in [-0.15, -0.1) is 11.3 Å². The van der Waals surface area contributed by atoms with E-state index in [9.17, 15) is 22.0 Å². The summed E-state index contributed by atoms with van der Waals surface area (Å²) in [5.41, 5.74) is -0.483. The van der Waals surface area contributed by atoms with E-state index in [0.29, 0.717) is 13.0 Å². The Morgan fingerprint density at radius 1 is 1.32 bits per heavy atom. The summed E-state index contributed by atoms with van der Waals surface area (Å²) in [6.45, 7) is 4.88. The maximum Gasteiger partial charge on any atom is 0.251 e. The molecular formula is C13H20F2N2O3S2. The Balaban J connectivity index is 2.56. The number of hydrogen-bond donors (Lipinski definition) is 2. The number of carbonyl (C=O) groups is 1. The normalized spacial score (nSPS) is 12.6. The molecule has 1 rings (SSSR count). The van der Waals surface area contributed by atoms with Crippen molar-refractivity contribution < 1.29 is 22.0 Å². The SMILES string of the molecule is CC(C)(C)C(=O)NCCc1ccc(S(=O)(=O)NCC(F)F)s1. The summed E-state index contributed by atoms with van der Waals surface area (Å²) >= 11 is 1.00. The second kappa shape index (κ2) is 7.47. The molecule has 1 heterocycles. The molecule has 9 heteroatoms. The number of halogens is 2. The molecule has 5 nitrogen and oxygen atoms in total. The Hall–Kier alpha value is -1.06. The minimum absolute atomic E-state index is 0.00898. The van der Waals surface area contributed by atoms with Gasteiger partial charge in [-0.3, -0.25) is 4.79 Å². The first-order valence-corrected chi connectivity index (χ1v) is 8.97. The van der Waals surface area contributed by atoms with Crippen LogP contribution in [-0.4, -0.2) is 33.8 Å². The predicted molar refractivity (Wildman–Crippen MR) is 81.7 cm³/mol. The van der Waals surface area contributed by atoms with Crippen molar-refractivity contribution in [2.24, 2.45) is 5.41 Å². The fourth-order valence-electron chi connectivity index (χ4n) is 1.45. The van der Waals surface area contributed by atoms with Crippen LogP contribution in [0.1, 0.15) is 25.6 Å². The second-order valence-corrected chi connectivity index (χ2v) is 8.88. The molecule has 1 amide bonds. The highest BCUT2D eigenvalue weighted by Gasteiger charge is 2.21. The summed E-state index contributed by atoms with van der Waals surface area (Å²) < 4.78 is 49.5. The fourth-order valence-corrected chi connectivity index (χ4v) is 3.85. The van der Waals surface area contributed by atoms with Gasteiger partial charge in [-0.2, -0.15) is 0 Å². The first kappa shape index (κ1) is 19.0. The van der Waals surface area contributed by atoms with Crippen LogP contribution in [0.2, 0.25) is 0 Å². The Labute approximate surface area is 133 Å². The van der Waals surface area contributed by atoms with E-state index in [2.05, 4.69) is 5.32 Å². The van der Waals surface area contributed by atoms with Crippen LogP contribution in [0.4, 0.5) is 8.78 Å². The highest BCUT2D eigenvalue weighted by molar-refractivity contribution is 7.91. The largest absolute Gasteiger partial charge is 0.355 e. The van der Waals surface area contributed by atoms with E-state index >= 15 is 0 Å². The molecule has 0 unspecified atom stereocenters. The summed E-state index contributed by atoms with van der Waals surface area (Å²) in [4.78, 5) is 12.4. The Morgan fingerprint density at radius 3 is 2.50 bits per heavy atom. The topological polar surface area (TPSA) is 75.3 Å². The number of amides is 1. The van der Waals surface area contributed by atoms with Crippen molar-refractivity contribution in [1.82, 2.24) is 10.0 Å².